The molecule has 0 aliphatic carbocycles. The highest BCUT2D eigenvalue weighted by Crippen LogP contribution is 2.24. The van der Waals surface area contributed by atoms with E-state index in [4.69, 9.17) is 10.8 Å². The molecule has 0 radical (unpaired) electrons. The van der Waals surface area contributed by atoms with E-state index in [1.807, 2.05) is 6.07 Å². The number of hydrogen-bond donors (Lipinski definition) is 3. The lowest BCUT2D eigenvalue weighted by molar-refractivity contribution is 0.298. The zero-order valence-electron chi connectivity index (χ0n) is 9.72. The molecule has 1 saturated heterocycles. The minimum Gasteiger partial charge on any atom is -0.396 e. The number of hydrogen-bond acceptors (Lipinski definition) is 5. The van der Waals surface area contributed by atoms with Gasteiger partial charge >= 0.3 is 0 Å². The summed E-state index contributed by atoms with van der Waals surface area (Å²) < 4.78 is 0. The molecule has 0 atom stereocenters. The zero-order chi connectivity index (χ0) is 11.4. The molecule has 1 aliphatic heterocycles. The van der Waals surface area contributed by atoms with Gasteiger partial charge in [-0.05, 0) is 32.0 Å². The molecule has 17 heavy (non-hydrogen) atoms. The fourth-order valence-electron chi connectivity index (χ4n) is 2.11. The van der Waals surface area contributed by atoms with Crippen LogP contribution in [0, 0.1) is 0 Å². The molecule has 0 amide bonds. The first-order chi connectivity index (χ1) is 7.79. The summed E-state index contributed by atoms with van der Waals surface area (Å²) in [5.41, 5.74) is 7.54. The SMILES string of the molecule is Cl.Nc1nc(CCO)cc(C2CCNCC2)n1. The molecule has 0 aromatic carbocycles. The Morgan fingerprint density at radius 2 is 2.06 bits per heavy atom. The third-order valence-corrected chi connectivity index (χ3v) is 2.94. The Balaban J connectivity index is 0.00000144. The fraction of sp³-hybridized carbons (Fsp3) is 0.636. The minimum atomic E-state index is 0. The van der Waals surface area contributed by atoms with Crippen molar-refractivity contribution in [3.8, 4) is 0 Å². The number of nitrogens with zero attached hydrogens (tertiary/aromatic N) is 2. The molecule has 96 valence electrons. The summed E-state index contributed by atoms with van der Waals surface area (Å²) in [7, 11) is 0. The molecular formula is C11H19ClN4O. The Kier molecular flexibility index (Phi) is 5.61. The van der Waals surface area contributed by atoms with Crippen LogP contribution in [0.15, 0.2) is 6.07 Å². The Morgan fingerprint density at radius 3 is 2.71 bits per heavy atom. The van der Waals surface area contributed by atoms with E-state index in [9.17, 15) is 0 Å². The molecule has 1 aliphatic rings. The highest BCUT2D eigenvalue weighted by atomic mass is 35.5. The van der Waals surface area contributed by atoms with Gasteiger partial charge in [0, 0.05) is 30.3 Å². The summed E-state index contributed by atoms with van der Waals surface area (Å²) >= 11 is 0. The summed E-state index contributed by atoms with van der Waals surface area (Å²) in [5, 5.41) is 12.2. The van der Waals surface area contributed by atoms with Crippen molar-refractivity contribution in [1.82, 2.24) is 15.3 Å². The van der Waals surface area contributed by atoms with Gasteiger partial charge < -0.3 is 16.2 Å². The first-order valence-corrected chi connectivity index (χ1v) is 5.74. The maximum absolute atomic E-state index is 8.90. The first-order valence-electron chi connectivity index (χ1n) is 5.74. The van der Waals surface area contributed by atoms with E-state index < -0.39 is 0 Å². The molecular weight excluding hydrogens is 240 g/mol. The predicted octanol–water partition coefficient (Wildman–Crippen LogP) is 0.482. The van der Waals surface area contributed by atoms with Crippen molar-refractivity contribution >= 4 is 18.4 Å². The van der Waals surface area contributed by atoms with Gasteiger partial charge in [-0.1, -0.05) is 0 Å². The molecule has 1 aromatic rings. The van der Waals surface area contributed by atoms with Crippen molar-refractivity contribution in [3.63, 3.8) is 0 Å². The van der Waals surface area contributed by atoms with Crippen molar-refractivity contribution < 1.29 is 5.11 Å². The third-order valence-electron chi connectivity index (χ3n) is 2.94. The van der Waals surface area contributed by atoms with Crippen LogP contribution < -0.4 is 11.1 Å². The molecule has 2 rings (SSSR count). The lowest BCUT2D eigenvalue weighted by atomic mass is 9.94. The van der Waals surface area contributed by atoms with Gasteiger partial charge in [0.2, 0.25) is 5.95 Å². The third kappa shape index (κ3) is 3.80. The van der Waals surface area contributed by atoms with E-state index in [-0.39, 0.29) is 19.0 Å². The van der Waals surface area contributed by atoms with Gasteiger partial charge in [-0.3, -0.25) is 0 Å². The van der Waals surface area contributed by atoms with Crippen LogP contribution in [0.25, 0.3) is 0 Å². The van der Waals surface area contributed by atoms with Crippen molar-refractivity contribution in [1.29, 1.82) is 0 Å². The van der Waals surface area contributed by atoms with Crippen LogP contribution in [-0.4, -0.2) is 34.8 Å². The van der Waals surface area contributed by atoms with Crippen molar-refractivity contribution in [2.24, 2.45) is 0 Å². The van der Waals surface area contributed by atoms with E-state index >= 15 is 0 Å². The van der Waals surface area contributed by atoms with E-state index in [1.54, 1.807) is 0 Å². The number of piperidine rings is 1. The maximum atomic E-state index is 8.90. The Hall–Kier alpha value is -0.910. The number of aliphatic hydroxyl groups is 1. The number of nitrogens with two attached hydrogens (primary N) is 1. The molecule has 2 heterocycles. The molecule has 0 unspecified atom stereocenters. The smallest absolute Gasteiger partial charge is 0.220 e. The summed E-state index contributed by atoms with van der Waals surface area (Å²) in [6.07, 6.45) is 2.73. The second-order valence-corrected chi connectivity index (χ2v) is 4.14. The molecule has 1 fully saturated rings. The average molecular weight is 259 g/mol. The quantitative estimate of drug-likeness (QED) is 0.735. The van der Waals surface area contributed by atoms with Crippen LogP contribution in [0.3, 0.4) is 0 Å². The van der Waals surface area contributed by atoms with Crippen LogP contribution in [0.5, 0.6) is 0 Å². The first kappa shape index (κ1) is 14.2. The topological polar surface area (TPSA) is 84.1 Å². The highest BCUT2D eigenvalue weighted by molar-refractivity contribution is 5.85. The Morgan fingerprint density at radius 1 is 1.35 bits per heavy atom. The van der Waals surface area contributed by atoms with Gasteiger partial charge in [-0.2, -0.15) is 0 Å². The summed E-state index contributed by atoms with van der Waals surface area (Å²) in [4.78, 5) is 8.41. The van der Waals surface area contributed by atoms with E-state index in [0.29, 0.717) is 18.3 Å². The van der Waals surface area contributed by atoms with E-state index in [0.717, 1.165) is 37.3 Å². The lowest BCUT2D eigenvalue weighted by Gasteiger charge is -2.22. The average Bonchev–Trinajstić information content (AvgIpc) is 2.30. The highest BCUT2D eigenvalue weighted by Gasteiger charge is 2.17. The van der Waals surface area contributed by atoms with Gasteiger partial charge in [-0.15, -0.1) is 12.4 Å². The second kappa shape index (κ2) is 6.74. The molecule has 5 nitrogen and oxygen atoms in total. The van der Waals surface area contributed by atoms with Crippen LogP contribution in [0.2, 0.25) is 0 Å². The maximum Gasteiger partial charge on any atom is 0.220 e. The lowest BCUT2D eigenvalue weighted by Crippen LogP contribution is -2.27. The standard InChI is InChI=1S/C11H18N4O.ClH/c12-11-14-9(3-6-16)7-10(15-11)8-1-4-13-5-2-8;/h7-8,13,16H,1-6H2,(H2,12,14,15);1H. The minimum absolute atomic E-state index is 0. The van der Waals surface area contributed by atoms with Crippen molar-refractivity contribution in [2.45, 2.75) is 25.2 Å². The van der Waals surface area contributed by atoms with Gasteiger partial charge in [0.15, 0.2) is 0 Å². The number of rotatable bonds is 3. The van der Waals surface area contributed by atoms with Crippen molar-refractivity contribution in [2.75, 3.05) is 25.4 Å². The normalized spacial score (nSPS) is 16.5. The van der Waals surface area contributed by atoms with E-state index in [1.165, 1.54) is 0 Å². The molecule has 0 saturated carbocycles. The van der Waals surface area contributed by atoms with Gasteiger partial charge in [-0.25, -0.2) is 9.97 Å². The van der Waals surface area contributed by atoms with Gasteiger partial charge in [0.25, 0.3) is 0 Å². The van der Waals surface area contributed by atoms with Crippen molar-refractivity contribution in [3.05, 3.63) is 17.5 Å². The zero-order valence-corrected chi connectivity index (χ0v) is 10.5. The predicted molar refractivity (Wildman–Crippen MR) is 69.3 cm³/mol. The van der Waals surface area contributed by atoms with Gasteiger partial charge in [0.05, 0.1) is 0 Å². The number of nitrogen functional groups attached to an aromatic ring is 1. The summed E-state index contributed by atoms with van der Waals surface area (Å²) in [5.74, 6) is 0.795. The van der Waals surface area contributed by atoms with Crippen LogP contribution in [0.4, 0.5) is 5.95 Å². The molecule has 0 bridgehead atoms. The molecule has 1 aromatic heterocycles. The number of aliphatic hydroxyl groups excluding tert-OH is 1. The molecule has 6 heteroatoms. The second-order valence-electron chi connectivity index (χ2n) is 4.14. The Labute approximate surface area is 107 Å². The van der Waals surface area contributed by atoms with Crippen LogP contribution in [-0.2, 0) is 6.42 Å². The van der Waals surface area contributed by atoms with Crippen LogP contribution in [0.1, 0.15) is 30.1 Å². The number of anilines is 1. The number of aromatic nitrogens is 2. The summed E-state index contributed by atoms with van der Waals surface area (Å²) in [6.45, 7) is 2.16. The number of halogens is 1. The molecule has 4 N–H and O–H groups in total. The molecule has 0 spiro atoms. The monoisotopic (exact) mass is 258 g/mol. The summed E-state index contributed by atoms with van der Waals surface area (Å²) in [6, 6.07) is 1.97. The largest absolute Gasteiger partial charge is 0.396 e. The fourth-order valence-corrected chi connectivity index (χ4v) is 2.11. The Bertz CT molecular complexity index is 355. The van der Waals surface area contributed by atoms with E-state index in [2.05, 4.69) is 15.3 Å². The van der Waals surface area contributed by atoms with Gasteiger partial charge in [0.1, 0.15) is 0 Å². The van der Waals surface area contributed by atoms with Crippen LogP contribution >= 0.6 is 12.4 Å². The number of nitrogens with one attached hydrogen (secondary N) is 1.